The molecule has 0 amide bonds. The van der Waals surface area contributed by atoms with E-state index in [1.807, 2.05) is 13.8 Å². The Hall–Kier alpha value is -0.950. The van der Waals surface area contributed by atoms with Crippen molar-refractivity contribution in [3.8, 4) is 0 Å². The summed E-state index contributed by atoms with van der Waals surface area (Å²) in [4.78, 5) is 24.3. The number of hydrogen-bond acceptors (Lipinski definition) is 5. The first-order valence-electron chi connectivity index (χ1n) is 7.53. The molecule has 7 heteroatoms. The molecule has 122 valence electrons. The molecule has 1 aliphatic rings. The number of H-pyrrole nitrogens is 1. The third-order valence-corrected chi connectivity index (χ3v) is 5.56. The van der Waals surface area contributed by atoms with Crippen molar-refractivity contribution >= 4 is 34.0 Å². The van der Waals surface area contributed by atoms with Crippen molar-refractivity contribution in [1.82, 2.24) is 14.9 Å². The molecule has 0 bridgehead atoms. The molecule has 2 aromatic rings. The van der Waals surface area contributed by atoms with E-state index in [1.165, 1.54) is 12.8 Å². The van der Waals surface area contributed by atoms with Crippen LogP contribution in [0.1, 0.15) is 35.5 Å². The van der Waals surface area contributed by atoms with Gasteiger partial charge in [-0.05, 0) is 38.8 Å². The molecule has 1 saturated heterocycles. The third-order valence-electron chi connectivity index (χ3n) is 4.46. The molecule has 2 aromatic heterocycles. The molecule has 0 radical (unpaired) electrons. The minimum Gasteiger partial charge on any atom is -0.329 e. The summed E-state index contributed by atoms with van der Waals surface area (Å²) in [7, 11) is 0. The van der Waals surface area contributed by atoms with Gasteiger partial charge in [-0.25, -0.2) is 4.98 Å². The third kappa shape index (κ3) is 3.20. The van der Waals surface area contributed by atoms with E-state index in [1.54, 1.807) is 11.3 Å². The fourth-order valence-corrected chi connectivity index (χ4v) is 4.15. The monoisotopic (exact) mass is 342 g/mol. The molecule has 0 saturated carbocycles. The van der Waals surface area contributed by atoms with Crippen LogP contribution in [0.3, 0.4) is 0 Å². The Balaban J connectivity index is 0.00000176. The van der Waals surface area contributed by atoms with Gasteiger partial charge in [-0.15, -0.1) is 23.7 Å². The fourth-order valence-electron chi connectivity index (χ4n) is 3.10. The Kier molecular flexibility index (Phi) is 5.60. The van der Waals surface area contributed by atoms with Crippen LogP contribution >= 0.6 is 23.7 Å². The zero-order valence-electron chi connectivity index (χ0n) is 13.0. The molecule has 5 nitrogen and oxygen atoms in total. The maximum absolute atomic E-state index is 12.3. The number of hydrogen-bond donors (Lipinski definition) is 2. The summed E-state index contributed by atoms with van der Waals surface area (Å²) in [5.74, 6) is 0.758. The van der Waals surface area contributed by atoms with E-state index in [4.69, 9.17) is 5.73 Å². The Bertz CT molecular complexity index is 711. The largest absolute Gasteiger partial charge is 0.329 e. The highest BCUT2D eigenvalue weighted by molar-refractivity contribution is 7.18. The Morgan fingerprint density at radius 3 is 2.91 bits per heavy atom. The number of aryl methyl sites for hydroxylation is 2. The second kappa shape index (κ2) is 7.08. The number of rotatable bonds is 3. The molecular formula is C15H23ClN4OS. The summed E-state index contributed by atoms with van der Waals surface area (Å²) in [5, 5.41) is 0.746. The summed E-state index contributed by atoms with van der Waals surface area (Å²) in [6.45, 7) is 6.41. The van der Waals surface area contributed by atoms with E-state index in [2.05, 4.69) is 14.9 Å². The Morgan fingerprint density at radius 1 is 1.41 bits per heavy atom. The highest BCUT2D eigenvalue weighted by Gasteiger charge is 2.22. The molecule has 0 spiro atoms. The zero-order chi connectivity index (χ0) is 15.0. The number of thiophene rings is 1. The van der Waals surface area contributed by atoms with Crippen LogP contribution in [0.25, 0.3) is 10.2 Å². The van der Waals surface area contributed by atoms with Gasteiger partial charge in [-0.1, -0.05) is 6.42 Å². The standard InChI is InChI=1S/C15H22N4OS.ClH/c1-9-10(2)21-15-13(9)14(20)17-12(18-15)8-19-6-4-3-5-11(19)7-16;/h11H,3-8,16H2,1-2H3,(H,17,18,20);1H. The molecule has 1 fully saturated rings. The van der Waals surface area contributed by atoms with Crippen LogP contribution in [0.15, 0.2) is 4.79 Å². The minimum absolute atomic E-state index is 0. The first kappa shape index (κ1) is 17.4. The van der Waals surface area contributed by atoms with Gasteiger partial charge >= 0.3 is 0 Å². The van der Waals surface area contributed by atoms with Crippen LogP contribution in [0.5, 0.6) is 0 Å². The number of likely N-dealkylation sites (tertiary alicyclic amines) is 1. The lowest BCUT2D eigenvalue weighted by atomic mass is 10.0. The van der Waals surface area contributed by atoms with Gasteiger partial charge < -0.3 is 10.7 Å². The molecule has 0 aromatic carbocycles. The van der Waals surface area contributed by atoms with Gasteiger partial charge in [0.05, 0.1) is 11.9 Å². The molecule has 0 aliphatic carbocycles. The first-order valence-corrected chi connectivity index (χ1v) is 8.35. The number of piperidine rings is 1. The molecule has 3 rings (SSSR count). The highest BCUT2D eigenvalue weighted by Crippen LogP contribution is 2.26. The number of aromatic nitrogens is 2. The van der Waals surface area contributed by atoms with Crippen molar-refractivity contribution in [2.75, 3.05) is 13.1 Å². The molecular weight excluding hydrogens is 320 g/mol. The molecule has 1 aliphatic heterocycles. The number of aromatic amines is 1. The minimum atomic E-state index is -0.0156. The lowest BCUT2D eigenvalue weighted by Gasteiger charge is -2.34. The predicted molar refractivity (Wildman–Crippen MR) is 94.1 cm³/mol. The summed E-state index contributed by atoms with van der Waals surface area (Å²) in [6, 6.07) is 0.409. The molecule has 22 heavy (non-hydrogen) atoms. The van der Waals surface area contributed by atoms with E-state index in [0.29, 0.717) is 19.1 Å². The van der Waals surface area contributed by atoms with Crippen LogP contribution in [-0.2, 0) is 6.54 Å². The molecule has 3 heterocycles. The van der Waals surface area contributed by atoms with Gasteiger partial charge in [-0.3, -0.25) is 9.69 Å². The Morgan fingerprint density at radius 2 is 2.18 bits per heavy atom. The fraction of sp³-hybridized carbons (Fsp3) is 0.600. The van der Waals surface area contributed by atoms with E-state index in [0.717, 1.165) is 39.4 Å². The van der Waals surface area contributed by atoms with Gasteiger partial charge in [-0.2, -0.15) is 0 Å². The van der Waals surface area contributed by atoms with Crippen molar-refractivity contribution in [2.24, 2.45) is 5.73 Å². The lowest BCUT2D eigenvalue weighted by molar-refractivity contribution is 0.141. The van der Waals surface area contributed by atoms with Crippen LogP contribution in [0.4, 0.5) is 0 Å². The Labute approximate surface area is 140 Å². The van der Waals surface area contributed by atoms with Crippen LogP contribution in [-0.4, -0.2) is 34.0 Å². The maximum Gasteiger partial charge on any atom is 0.259 e. The smallest absolute Gasteiger partial charge is 0.259 e. The summed E-state index contributed by atoms with van der Waals surface area (Å²) < 4.78 is 0. The van der Waals surface area contributed by atoms with Gasteiger partial charge in [0, 0.05) is 17.5 Å². The molecule has 1 atom stereocenters. The maximum atomic E-state index is 12.3. The van der Waals surface area contributed by atoms with Crippen LogP contribution in [0.2, 0.25) is 0 Å². The normalized spacial score (nSPS) is 19.3. The highest BCUT2D eigenvalue weighted by atomic mass is 35.5. The zero-order valence-corrected chi connectivity index (χ0v) is 14.6. The van der Waals surface area contributed by atoms with Crippen molar-refractivity contribution in [3.63, 3.8) is 0 Å². The van der Waals surface area contributed by atoms with Crippen molar-refractivity contribution in [3.05, 3.63) is 26.6 Å². The van der Waals surface area contributed by atoms with E-state index >= 15 is 0 Å². The van der Waals surface area contributed by atoms with Crippen molar-refractivity contribution < 1.29 is 0 Å². The number of halogens is 1. The molecule has 3 N–H and O–H groups in total. The van der Waals surface area contributed by atoms with E-state index in [9.17, 15) is 4.79 Å². The van der Waals surface area contributed by atoms with Crippen molar-refractivity contribution in [2.45, 2.75) is 45.7 Å². The van der Waals surface area contributed by atoms with E-state index in [-0.39, 0.29) is 18.0 Å². The predicted octanol–water partition coefficient (Wildman–Crippen LogP) is 2.34. The number of nitrogens with one attached hydrogen (secondary N) is 1. The van der Waals surface area contributed by atoms with Crippen LogP contribution in [0, 0.1) is 13.8 Å². The molecule has 1 unspecified atom stereocenters. The SMILES string of the molecule is Cc1sc2nc(CN3CCCCC3CN)[nH]c(=O)c2c1C.Cl. The number of fused-ring (bicyclic) bond motifs is 1. The van der Waals surface area contributed by atoms with E-state index < -0.39 is 0 Å². The van der Waals surface area contributed by atoms with Gasteiger partial charge in [0.25, 0.3) is 5.56 Å². The summed E-state index contributed by atoms with van der Waals surface area (Å²) in [6.07, 6.45) is 3.57. The quantitative estimate of drug-likeness (QED) is 0.897. The second-order valence-electron chi connectivity index (χ2n) is 5.83. The average molecular weight is 343 g/mol. The topological polar surface area (TPSA) is 75.0 Å². The number of nitrogens with two attached hydrogens (primary N) is 1. The van der Waals surface area contributed by atoms with Gasteiger partial charge in [0.1, 0.15) is 10.7 Å². The van der Waals surface area contributed by atoms with Crippen LogP contribution < -0.4 is 11.3 Å². The summed E-state index contributed by atoms with van der Waals surface area (Å²) >= 11 is 1.60. The van der Waals surface area contributed by atoms with Gasteiger partial charge in [0.2, 0.25) is 0 Å². The summed E-state index contributed by atoms with van der Waals surface area (Å²) in [5.41, 5.74) is 6.89. The first-order chi connectivity index (χ1) is 10.1. The average Bonchev–Trinajstić information content (AvgIpc) is 2.75. The second-order valence-corrected chi connectivity index (χ2v) is 7.04. The van der Waals surface area contributed by atoms with Gasteiger partial charge in [0.15, 0.2) is 0 Å². The lowest BCUT2D eigenvalue weighted by Crippen LogP contribution is -2.43. The number of nitrogens with zero attached hydrogens (tertiary/aromatic N) is 2. The van der Waals surface area contributed by atoms with Crippen molar-refractivity contribution in [1.29, 1.82) is 0 Å².